The van der Waals surface area contributed by atoms with Gasteiger partial charge in [0.2, 0.25) is 0 Å². The van der Waals surface area contributed by atoms with Gasteiger partial charge in [0.1, 0.15) is 11.5 Å². The predicted molar refractivity (Wildman–Crippen MR) is 113 cm³/mol. The standard InChI is InChI=1S/C22H31N3O2/c1-24(2)11-5-13-26-17-7-9-19-20-10-8-18(27-14-6-12-25(3)4)16-22(20)23-21(19)15-17/h7-10,15-16,23H,5-6,11-14H2,1-4H3. The fraction of sp³-hybridized carbons (Fsp3) is 0.455. The molecule has 0 fully saturated rings. The lowest BCUT2D eigenvalue weighted by Crippen LogP contribution is -2.15. The molecule has 146 valence electrons. The summed E-state index contributed by atoms with van der Waals surface area (Å²) in [6, 6.07) is 12.5. The normalized spacial score (nSPS) is 11.8. The van der Waals surface area contributed by atoms with Crippen LogP contribution >= 0.6 is 0 Å². The van der Waals surface area contributed by atoms with E-state index in [0.717, 1.165) is 61.7 Å². The van der Waals surface area contributed by atoms with E-state index in [1.54, 1.807) is 0 Å². The van der Waals surface area contributed by atoms with E-state index < -0.39 is 0 Å². The van der Waals surface area contributed by atoms with E-state index in [0.29, 0.717) is 0 Å². The number of nitrogens with zero attached hydrogens (tertiary/aromatic N) is 2. The Hall–Kier alpha value is -2.24. The summed E-state index contributed by atoms with van der Waals surface area (Å²) in [5, 5.41) is 2.43. The van der Waals surface area contributed by atoms with Crippen LogP contribution in [0.5, 0.6) is 11.5 Å². The molecule has 0 aliphatic rings. The molecule has 0 saturated carbocycles. The minimum Gasteiger partial charge on any atom is -0.493 e. The molecule has 27 heavy (non-hydrogen) atoms. The van der Waals surface area contributed by atoms with Crippen LogP contribution in [0, 0.1) is 0 Å². The summed E-state index contributed by atoms with van der Waals surface area (Å²) in [5.74, 6) is 1.82. The van der Waals surface area contributed by atoms with Gasteiger partial charge in [-0.1, -0.05) is 0 Å². The average molecular weight is 370 g/mol. The van der Waals surface area contributed by atoms with E-state index in [1.807, 2.05) is 0 Å². The molecule has 0 radical (unpaired) electrons. The molecule has 1 heterocycles. The minimum absolute atomic E-state index is 0.731. The molecule has 3 aromatic rings. The third-order valence-electron chi connectivity index (χ3n) is 4.58. The summed E-state index contributed by atoms with van der Waals surface area (Å²) < 4.78 is 11.8. The number of fused-ring (bicyclic) bond motifs is 3. The zero-order valence-electron chi connectivity index (χ0n) is 16.9. The molecule has 2 aromatic carbocycles. The second-order valence-electron chi connectivity index (χ2n) is 7.55. The van der Waals surface area contributed by atoms with Crippen molar-refractivity contribution in [2.24, 2.45) is 0 Å². The lowest BCUT2D eigenvalue weighted by molar-refractivity contribution is 0.282. The first-order chi connectivity index (χ1) is 13.0. The Morgan fingerprint density at radius 3 is 1.56 bits per heavy atom. The van der Waals surface area contributed by atoms with Crippen molar-refractivity contribution in [1.82, 2.24) is 14.8 Å². The number of benzene rings is 2. The highest BCUT2D eigenvalue weighted by molar-refractivity contribution is 6.07. The average Bonchev–Trinajstić information content (AvgIpc) is 2.99. The Balaban J connectivity index is 1.67. The van der Waals surface area contributed by atoms with Crippen LogP contribution < -0.4 is 9.47 Å². The maximum absolute atomic E-state index is 5.89. The molecule has 0 spiro atoms. The quantitative estimate of drug-likeness (QED) is 0.549. The molecule has 0 aliphatic heterocycles. The molecule has 0 unspecified atom stereocenters. The molecule has 0 amide bonds. The van der Waals surface area contributed by atoms with E-state index in [-0.39, 0.29) is 0 Å². The first-order valence-electron chi connectivity index (χ1n) is 9.63. The van der Waals surface area contributed by atoms with E-state index in [1.165, 1.54) is 10.8 Å². The molecule has 1 aromatic heterocycles. The number of aromatic nitrogens is 1. The summed E-state index contributed by atoms with van der Waals surface area (Å²) in [6.07, 6.45) is 2.04. The first-order valence-corrected chi connectivity index (χ1v) is 9.63. The SMILES string of the molecule is CN(C)CCCOc1ccc2c(c1)[nH]c1cc(OCCCN(C)C)ccc12. The fourth-order valence-electron chi connectivity index (χ4n) is 3.19. The van der Waals surface area contributed by atoms with E-state index in [4.69, 9.17) is 9.47 Å². The number of rotatable bonds is 10. The largest absolute Gasteiger partial charge is 0.493 e. The second-order valence-corrected chi connectivity index (χ2v) is 7.55. The lowest BCUT2D eigenvalue weighted by Gasteiger charge is -2.10. The van der Waals surface area contributed by atoms with Crippen LogP contribution in [0.25, 0.3) is 21.8 Å². The number of hydrogen-bond donors (Lipinski definition) is 1. The maximum atomic E-state index is 5.89. The number of nitrogens with one attached hydrogen (secondary N) is 1. The Morgan fingerprint density at radius 2 is 1.15 bits per heavy atom. The molecule has 1 N–H and O–H groups in total. The third-order valence-corrected chi connectivity index (χ3v) is 4.58. The van der Waals surface area contributed by atoms with Gasteiger partial charge in [0.15, 0.2) is 0 Å². The van der Waals surface area contributed by atoms with Crippen LogP contribution in [-0.4, -0.2) is 69.3 Å². The van der Waals surface area contributed by atoms with E-state index >= 15 is 0 Å². The molecule has 0 atom stereocenters. The topological polar surface area (TPSA) is 40.7 Å². The summed E-state index contributed by atoms with van der Waals surface area (Å²) in [7, 11) is 8.32. The van der Waals surface area contributed by atoms with Crippen molar-refractivity contribution in [1.29, 1.82) is 0 Å². The van der Waals surface area contributed by atoms with Gasteiger partial charge in [0, 0.05) is 36.0 Å². The molecule has 5 nitrogen and oxygen atoms in total. The monoisotopic (exact) mass is 369 g/mol. The van der Waals surface area contributed by atoms with Gasteiger partial charge in [0.25, 0.3) is 0 Å². The molecular formula is C22H31N3O2. The van der Waals surface area contributed by atoms with E-state index in [2.05, 4.69) is 79.4 Å². The molecule has 0 saturated heterocycles. The summed E-state index contributed by atoms with van der Waals surface area (Å²) >= 11 is 0. The summed E-state index contributed by atoms with van der Waals surface area (Å²) in [4.78, 5) is 7.84. The minimum atomic E-state index is 0.731. The predicted octanol–water partition coefficient (Wildman–Crippen LogP) is 3.98. The van der Waals surface area contributed by atoms with Crippen molar-refractivity contribution in [2.45, 2.75) is 12.8 Å². The Kier molecular flexibility index (Phi) is 6.58. The third kappa shape index (κ3) is 5.37. The van der Waals surface area contributed by atoms with Crippen molar-refractivity contribution >= 4 is 21.8 Å². The van der Waals surface area contributed by atoms with Crippen molar-refractivity contribution in [2.75, 3.05) is 54.5 Å². The fourth-order valence-corrected chi connectivity index (χ4v) is 3.19. The van der Waals surface area contributed by atoms with Crippen LogP contribution in [0.15, 0.2) is 36.4 Å². The number of ether oxygens (including phenoxy) is 2. The van der Waals surface area contributed by atoms with E-state index in [9.17, 15) is 0 Å². The van der Waals surface area contributed by atoms with Crippen molar-refractivity contribution in [3.63, 3.8) is 0 Å². The van der Waals surface area contributed by atoms with Crippen LogP contribution in [0.4, 0.5) is 0 Å². The number of aromatic amines is 1. The van der Waals surface area contributed by atoms with Crippen LogP contribution in [0.1, 0.15) is 12.8 Å². The highest BCUT2D eigenvalue weighted by atomic mass is 16.5. The Labute approximate surface area is 161 Å². The smallest absolute Gasteiger partial charge is 0.121 e. The molecule has 3 rings (SSSR count). The van der Waals surface area contributed by atoms with Crippen LogP contribution in [-0.2, 0) is 0 Å². The van der Waals surface area contributed by atoms with Gasteiger partial charge in [-0.25, -0.2) is 0 Å². The maximum Gasteiger partial charge on any atom is 0.121 e. The molecule has 0 aliphatic carbocycles. The number of hydrogen-bond acceptors (Lipinski definition) is 4. The van der Waals surface area contributed by atoms with Crippen LogP contribution in [0.3, 0.4) is 0 Å². The van der Waals surface area contributed by atoms with Gasteiger partial charge in [-0.05, 0) is 65.3 Å². The molecule has 0 bridgehead atoms. The first kappa shape index (κ1) is 19.5. The Bertz CT molecular complexity index is 800. The molecule has 5 heteroatoms. The van der Waals surface area contributed by atoms with Gasteiger partial charge >= 0.3 is 0 Å². The van der Waals surface area contributed by atoms with Crippen molar-refractivity contribution in [3.05, 3.63) is 36.4 Å². The summed E-state index contributed by atoms with van der Waals surface area (Å²) in [5.41, 5.74) is 2.19. The van der Waals surface area contributed by atoms with Gasteiger partial charge in [-0.3, -0.25) is 0 Å². The van der Waals surface area contributed by atoms with Gasteiger partial charge < -0.3 is 24.3 Å². The second kappa shape index (κ2) is 9.11. The van der Waals surface area contributed by atoms with Gasteiger partial charge in [-0.15, -0.1) is 0 Å². The Morgan fingerprint density at radius 1 is 0.704 bits per heavy atom. The highest BCUT2D eigenvalue weighted by Gasteiger charge is 2.07. The van der Waals surface area contributed by atoms with Crippen molar-refractivity contribution < 1.29 is 9.47 Å². The lowest BCUT2D eigenvalue weighted by atomic mass is 10.1. The zero-order chi connectivity index (χ0) is 19.2. The van der Waals surface area contributed by atoms with Crippen LogP contribution in [0.2, 0.25) is 0 Å². The summed E-state index contributed by atoms with van der Waals surface area (Å²) in [6.45, 7) is 3.53. The molecular weight excluding hydrogens is 338 g/mol. The van der Waals surface area contributed by atoms with Gasteiger partial charge in [-0.2, -0.15) is 0 Å². The highest BCUT2D eigenvalue weighted by Crippen LogP contribution is 2.30. The van der Waals surface area contributed by atoms with Gasteiger partial charge in [0.05, 0.1) is 24.2 Å². The van der Waals surface area contributed by atoms with Crippen molar-refractivity contribution in [3.8, 4) is 11.5 Å². The zero-order valence-corrected chi connectivity index (χ0v) is 16.9. The number of H-pyrrole nitrogens is 1.